The summed E-state index contributed by atoms with van der Waals surface area (Å²) in [6.45, 7) is 8.46. The van der Waals surface area contributed by atoms with Crippen molar-refractivity contribution in [3.63, 3.8) is 0 Å². The highest BCUT2D eigenvalue weighted by Gasteiger charge is 2.67. The minimum Gasteiger partial charge on any atom is -0.465 e. The molecular weight excluding hydrogens is 300 g/mol. The summed E-state index contributed by atoms with van der Waals surface area (Å²) < 4.78 is 23.6. The van der Waals surface area contributed by atoms with Crippen LogP contribution >= 0.6 is 0 Å². The minimum absolute atomic E-state index is 0.0370. The van der Waals surface area contributed by atoms with E-state index in [-0.39, 0.29) is 11.4 Å². The molecule has 0 aromatic rings. The predicted octanol–water partition coefficient (Wildman–Crippen LogP) is 2.77. The third-order valence-electron chi connectivity index (χ3n) is 5.78. The molecule has 3 rings (SSSR count). The number of carbonyl (C=O) groups excluding carboxylic acids is 1. The van der Waals surface area contributed by atoms with Gasteiger partial charge in [-0.15, -0.1) is 0 Å². The van der Waals surface area contributed by atoms with E-state index in [9.17, 15) is 4.79 Å². The van der Waals surface area contributed by atoms with Crippen molar-refractivity contribution in [1.29, 1.82) is 0 Å². The van der Waals surface area contributed by atoms with E-state index in [1.165, 1.54) is 0 Å². The van der Waals surface area contributed by atoms with Crippen LogP contribution in [0.2, 0.25) is 5.54 Å². The SMILES string of the molecule is CCO[Si](OCC)(OCC)C1CC2CC1CC21CCOC1=O. The van der Waals surface area contributed by atoms with Crippen LogP contribution < -0.4 is 0 Å². The van der Waals surface area contributed by atoms with Crippen LogP contribution in [-0.4, -0.2) is 41.2 Å². The van der Waals surface area contributed by atoms with Crippen LogP contribution in [0.1, 0.15) is 46.5 Å². The third kappa shape index (κ3) is 2.35. The summed E-state index contributed by atoms with van der Waals surface area (Å²) in [6, 6.07) is 0. The first kappa shape index (κ1) is 16.4. The molecule has 3 aliphatic rings. The lowest BCUT2D eigenvalue weighted by Crippen LogP contribution is -2.53. The van der Waals surface area contributed by atoms with Gasteiger partial charge in [-0.2, -0.15) is 0 Å². The van der Waals surface area contributed by atoms with Crippen LogP contribution in [0.5, 0.6) is 0 Å². The second-order valence-corrected chi connectivity index (χ2v) is 9.50. The first-order valence-electron chi connectivity index (χ1n) is 8.71. The van der Waals surface area contributed by atoms with Gasteiger partial charge in [-0.25, -0.2) is 0 Å². The highest BCUT2D eigenvalue weighted by Crippen LogP contribution is 2.66. The van der Waals surface area contributed by atoms with Gasteiger partial charge in [0.25, 0.3) is 0 Å². The van der Waals surface area contributed by atoms with Gasteiger partial charge in [0.15, 0.2) is 0 Å². The Bertz CT molecular complexity index is 412. The van der Waals surface area contributed by atoms with Gasteiger partial charge >= 0.3 is 14.8 Å². The molecule has 2 bridgehead atoms. The van der Waals surface area contributed by atoms with Crippen molar-refractivity contribution >= 4 is 14.8 Å². The first-order valence-corrected chi connectivity index (χ1v) is 10.5. The van der Waals surface area contributed by atoms with Crippen molar-refractivity contribution in [3.05, 3.63) is 0 Å². The summed E-state index contributed by atoms with van der Waals surface area (Å²) in [5, 5.41) is 0. The Balaban J connectivity index is 1.80. The zero-order valence-corrected chi connectivity index (χ0v) is 14.9. The lowest BCUT2D eigenvalue weighted by molar-refractivity contribution is -0.148. The van der Waals surface area contributed by atoms with Crippen LogP contribution in [0.25, 0.3) is 0 Å². The van der Waals surface area contributed by atoms with Gasteiger partial charge in [0, 0.05) is 25.4 Å². The van der Waals surface area contributed by atoms with Crippen LogP contribution in [0, 0.1) is 17.3 Å². The summed E-state index contributed by atoms with van der Waals surface area (Å²) in [7, 11) is -2.66. The summed E-state index contributed by atoms with van der Waals surface area (Å²) in [4.78, 5) is 12.2. The maximum absolute atomic E-state index is 12.2. The number of cyclic esters (lactones) is 1. The van der Waals surface area contributed by atoms with E-state index < -0.39 is 8.80 Å². The van der Waals surface area contributed by atoms with Crippen LogP contribution in [0.4, 0.5) is 0 Å². The molecule has 4 atom stereocenters. The molecule has 0 aromatic carbocycles. The minimum atomic E-state index is -2.66. The lowest BCUT2D eigenvalue weighted by Gasteiger charge is -2.40. The zero-order chi connectivity index (χ0) is 15.8. The quantitative estimate of drug-likeness (QED) is 0.531. The van der Waals surface area contributed by atoms with Crippen LogP contribution in [-0.2, 0) is 22.8 Å². The Labute approximate surface area is 134 Å². The fourth-order valence-electron chi connectivity index (χ4n) is 5.05. The van der Waals surface area contributed by atoms with Crippen molar-refractivity contribution in [3.8, 4) is 0 Å². The summed E-state index contributed by atoms with van der Waals surface area (Å²) in [6.07, 6.45) is 3.92. The number of fused-ring (bicyclic) bond motifs is 3. The van der Waals surface area contributed by atoms with Gasteiger partial charge in [-0.05, 0) is 58.3 Å². The smallest absolute Gasteiger partial charge is 0.465 e. The molecule has 5 nitrogen and oxygen atoms in total. The van der Waals surface area contributed by atoms with Gasteiger partial charge in [0.1, 0.15) is 0 Å². The third-order valence-corrected chi connectivity index (χ3v) is 9.47. The molecule has 0 N–H and O–H groups in total. The number of rotatable bonds is 7. The number of ether oxygens (including phenoxy) is 1. The Kier molecular flexibility index (Phi) is 4.65. The standard InChI is InChI=1S/C16H28O5Si/c1-4-19-22(20-5-2,21-6-3)14-10-13-9-12(14)11-16(13)7-8-18-15(16)17/h12-14H,4-11H2,1-3H3. The van der Waals surface area contributed by atoms with Gasteiger partial charge in [-0.1, -0.05) is 0 Å². The van der Waals surface area contributed by atoms with E-state index in [1.807, 2.05) is 20.8 Å². The number of carbonyl (C=O) groups is 1. The molecule has 22 heavy (non-hydrogen) atoms. The van der Waals surface area contributed by atoms with E-state index in [0.29, 0.717) is 43.8 Å². The topological polar surface area (TPSA) is 54.0 Å². The van der Waals surface area contributed by atoms with E-state index in [0.717, 1.165) is 25.7 Å². The predicted molar refractivity (Wildman–Crippen MR) is 83.2 cm³/mol. The molecule has 4 unspecified atom stereocenters. The largest absolute Gasteiger partial charge is 0.504 e. The number of hydrogen-bond acceptors (Lipinski definition) is 5. The Morgan fingerprint density at radius 3 is 2.18 bits per heavy atom. The lowest BCUT2D eigenvalue weighted by atomic mass is 9.72. The van der Waals surface area contributed by atoms with E-state index in [2.05, 4.69) is 0 Å². The second-order valence-electron chi connectivity index (χ2n) is 6.68. The molecule has 3 fully saturated rings. The van der Waals surface area contributed by atoms with Crippen LogP contribution in [0.15, 0.2) is 0 Å². The van der Waals surface area contributed by atoms with Crippen molar-refractivity contribution in [2.24, 2.45) is 17.3 Å². The van der Waals surface area contributed by atoms with Crippen molar-refractivity contribution < 1.29 is 22.8 Å². The molecule has 2 aliphatic carbocycles. The van der Waals surface area contributed by atoms with Crippen LogP contribution in [0.3, 0.4) is 0 Å². The Hall–Kier alpha value is -0.433. The highest BCUT2D eigenvalue weighted by molar-refractivity contribution is 6.62. The maximum atomic E-state index is 12.2. The van der Waals surface area contributed by atoms with Crippen molar-refractivity contribution in [1.82, 2.24) is 0 Å². The van der Waals surface area contributed by atoms with E-state index in [4.69, 9.17) is 18.0 Å². The fraction of sp³-hybridized carbons (Fsp3) is 0.938. The van der Waals surface area contributed by atoms with Gasteiger partial charge in [0.05, 0.1) is 12.0 Å². The zero-order valence-electron chi connectivity index (χ0n) is 13.9. The molecule has 1 aliphatic heterocycles. The van der Waals surface area contributed by atoms with Gasteiger partial charge < -0.3 is 18.0 Å². The fourth-order valence-corrected chi connectivity index (χ4v) is 8.55. The monoisotopic (exact) mass is 328 g/mol. The number of hydrogen-bond donors (Lipinski definition) is 0. The summed E-state index contributed by atoms with van der Waals surface area (Å²) in [5.41, 5.74) is 0.141. The molecule has 0 radical (unpaired) electrons. The highest BCUT2D eigenvalue weighted by atomic mass is 28.4. The molecule has 0 amide bonds. The summed E-state index contributed by atoms with van der Waals surface area (Å²) >= 11 is 0. The molecule has 2 saturated carbocycles. The second kappa shape index (κ2) is 6.22. The molecule has 1 saturated heterocycles. The molecule has 126 valence electrons. The average Bonchev–Trinajstić information content (AvgIpc) is 3.16. The number of esters is 1. The van der Waals surface area contributed by atoms with E-state index in [1.54, 1.807) is 0 Å². The normalized spacial score (nSPS) is 37.2. The summed E-state index contributed by atoms with van der Waals surface area (Å²) in [5.74, 6) is 0.938. The molecule has 0 aromatic heterocycles. The Morgan fingerprint density at radius 2 is 1.77 bits per heavy atom. The average molecular weight is 328 g/mol. The molecule has 1 spiro atoms. The molecule has 6 heteroatoms. The maximum Gasteiger partial charge on any atom is 0.504 e. The van der Waals surface area contributed by atoms with Crippen molar-refractivity contribution in [2.75, 3.05) is 26.4 Å². The molecule has 1 heterocycles. The first-order chi connectivity index (χ1) is 10.6. The van der Waals surface area contributed by atoms with Gasteiger partial charge in [-0.3, -0.25) is 4.79 Å². The van der Waals surface area contributed by atoms with E-state index >= 15 is 0 Å². The Morgan fingerprint density at radius 1 is 1.14 bits per heavy atom. The van der Waals surface area contributed by atoms with Gasteiger partial charge in [0.2, 0.25) is 0 Å². The van der Waals surface area contributed by atoms with Crippen molar-refractivity contribution in [2.45, 2.75) is 52.0 Å². The molecular formula is C16H28O5Si.